The van der Waals surface area contributed by atoms with Crippen molar-refractivity contribution in [3.63, 3.8) is 0 Å². The van der Waals surface area contributed by atoms with E-state index in [0.29, 0.717) is 13.6 Å². The third-order valence-corrected chi connectivity index (χ3v) is 7.46. The van der Waals surface area contributed by atoms with E-state index in [0.717, 1.165) is 9.13 Å². The Morgan fingerprint density at radius 3 is 2.17 bits per heavy atom. The second-order valence-electron chi connectivity index (χ2n) is 4.76. The molecule has 0 atom stereocenters. The summed E-state index contributed by atoms with van der Waals surface area (Å²) < 4.78 is 38.8. The summed E-state index contributed by atoms with van der Waals surface area (Å²) >= 11 is 5.78. The summed E-state index contributed by atoms with van der Waals surface area (Å²) in [6.45, 7) is 0. The van der Waals surface area contributed by atoms with Crippen LogP contribution in [0.2, 0.25) is 0 Å². The molecular formula is C15H11I3O5S. The van der Waals surface area contributed by atoms with Gasteiger partial charge < -0.3 is 4.74 Å². The first-order valence-corrected chi connectivity index (χ1v) is 11.3. The van der Waals surface area contributed by atoms with E-state index in [-0.39, 0.29) is 17.1 Å². The van der Waals surface area contributed by atoms with Gasteiger partial charge in [0, 0.05) is 10.7 Å². The van der Waals surface area contributed by atoms with Crippen LogP contribution in [-0.2, 0) is 21.3 Å². The number of rotatable bonds is 5. The van der Waals surface area contributed by atoms with Crippen molar-refractivity contribution in [1.82, 2.24) is 0 Å². The van der Waals surface area contributed by atoms with Crippen LogP contribution in [0.4, 0.5) is 0 Å². The van der Waals surface area contributed by atoms with E-state index in [1.165, 1.54) is 12.1 Å². The summed E-state index contributed by atoms with van der Waals surface area (Å²) in [6, 6.07) is 10.6. The van der Waals surface area contributed by atoms with Crippen molar-refractivity contribution in [2.45, 2.75) is 17.7 Å². The number of esters is 1. The highest BCUT2D eigenvalue weighted by Gasteiger charge is 2.20. The maximum absolute atomic E-state index is 12.0. The lowest BCUT2D eigenvalue weighted by Gasteiger charge is -2.09. The van der Waals surface area contributed by atoms with Crippen LogP contribution >= 0.6 is 67.8 Å². The zero-order valence-electron chi connectivity index (χ0n) is 12.0. The summed E-state index contributed by atoms with van der Waals surface area (Å²) in [4.78, 5) is 11.8. The summed E-state index contributed by atoms with van der Waals surface area (Å²) in [6.07, 6.45) is 0.780. The molecule has 2 rings (SSSR count). The topological polar surface area (TPSA) is 80.7 Å². The Balaban J connectivity index is 2.09. The third-order valence-electron chi connectivity index (χ3n) is 3.02. The minimum atomic E-state index is -4.32. The zero-order valence-corrected chi connectivity index (χ0v) is 19.3. The van der Waals surface area contributed by atoms with Gasteiger partial charge in [0.1, 0.15) is 10.6 Å². The number of ether oxygens (including phenoxy) is 1. The molecule has 24 heavy (non-hydrogen) atoms. The second kappa shape index (κ2) is 8.60. The molecule has 0 aromatic heterocycles. The van der Waals surface area contributed by atoms with Gasteiger partial charge in [-0.15, -0.1) is 0 Å². The fourth-order valence-electron chi connectivity index (χ4n) is 1.96. The van der Waals surface area contributed by atoms with Gasteiger partial charge in [-0.25, -0.2) is 0 Å². The first kappa shape index (κ1) is 20.3. The van der Waals surface area contributed by atoms with Crippen LogP contribution in [0.1, 0.15) is 12.0 Å². The Morgan fingerprint density at radius 2 is 1.62 bits per heavy atom. The molecular weight excluding hydrogens is 673 g/mol. The zero-order chi connectivity index (χ0) is 17.9. The number of hydrogen-bond donors (Lipinski definition) is 1. The van der Waals surface area contributed by atoms with Crippen molar-refractivity contribution in [3.8, 4) is 5.75 Å². The summed E-state index contributed by atoms with van der Waals surface area (Å²) in [5.74, 6) is -0.148. The quantitative estimate of drug-likeness (QED) is 0.220. The maximum atomic E-state index is 12.0. The van der Waals surface area contributed by atoms with Crippen LogP contribution in [0.15, 0.2) is 41.3 Å². The molecule has 0 spiro atoms. The molecule has 0 bridgehead atoms. The monoisotopic (exact) mass is 684 g/mol. The van der Waals surface area contributed by atoms with Crippen LogP contribution in [0.3, 0.4) is 0 Å². The van der Waals surface area contributed by atoms with E-state index in [1.54, 1.807) is 45.2 Å². The first-order valence-electron chi connectivity index (χ1n) is 6.59. The molecule has 2 aromatic carbocycles. The van der Waals surface area contributed by atoms with E-state index >= 15 is 0 Å². The lowest BCUT2D eigenvalue weighted by molar-refractivity contribution is -0.134. The van der Waals surface area contributed by atoms with Gasteiger partial charge >= 0.3 is 5.97 Å². The molecule has 1 N–H and O–H groups in total. The van der Waals surface area contributed by atoms with Crippen LogP contribution in [0.25, 0.3) is 0 Å². The van der Waals surface area contributed by atoms with Gasteiger partial charge in [0.2, 0.25) is 0 Å². The molecule has 0 aliphatic heterocycles. The molecule has 128 valence electrons. The van der Waals surface area contributed by atoms with Crippen LogP contribution < -0.4 is 4.74 Å². The average Bonchev–Trinajstić information content (AvgIpc) is 2.44. The average molecular weight is 684 g/mol. The van der Waals surface area contributed by atoms with E-state index in [2.05, 4.69) is 22.6 Å². The van der Waals surface area contributed by atoms with Gasteiger partial charge in [-0.2, -0.15) is 8.42 Å². The van der Waals surface area contributed by atoms with Gasteiger partial charge in [-0.1, -0.05) is 18.2 Å². The van der Waals surface area contributed by atoms with Crippen molar-refractivity contribution in [2.75, 3.05) is 0 Å². The lowest BCUT2D eigenvalue weighted by Crippen LogP contribution is -2.11. The Bertz CT molecular complexity index is 857. The van der Waals surface area contributed by atoms with Crippen molar-refractivity contribution >= 4 is 83.9 Å². The molecule has 0 heterocycles. The van der Waals surface area contributed by atoms with Crippen molar-refractivity contribution in [3.05, 3.63) is 52.7 Å². The molecule has 9 heteroatoms. The molecule has 0 aliphatic carbocycles. The number of carbonyl (C=O) groups is 1. The number of aryl methyl sites for hydroxylation is 1. The smallest absolute Gasteiger partial charge is 0.311 e. The van der Waals surface area contributed by atoms with E-state index in [4.69, 9.17) is 4.74 Å². The molecule has 2 aromatic rings. The second-order valence-corrected chi connectivity index (χ2v) is 9.60. The highest BCUT2D eigenvalue weighted by molar-refractivity contribution is 14.1. The lowest BCUT2D eigenvalue weighted by atomic mass is 10.1. The number of carbonyl (C=O) groups excluding carboxylic acids is 1. The number of hydrogen-bond acceptors (Lipinski definition) is 4. The summed E-state index contributed by atoms with van der Waals surface area (Å²) in [5.41, 5.74) is 1.07. The maximum Gasteiger partial charge on any atom is 0.311 e. The largest absolute Gasteiger partial charge is 0.426 e. The molecule has 0 saturated heterocycles. The minimum absolute atomic E-state index is 0.178. The Hall–Kier alpha value is 0.01000. The SMILES string of the molecule is O=C(CCc1ccccc1I)Oc1cc(I)c(S(=O)(=O)O)c(I)c1. The van der Waals surface area contributed by atoms with Gasteiger partial charge in [0.15, 0.2) is 0 Å². The van der Waals surface area contributed by atoms with Crippen LogP contribution in [-0.4, -0.2) is 18.9 Å². The molecule has 0 unspecified atom stereocenters. The van der Waals surface area contributed by atoms with Crippen LogP contribution in [0, 0.1) is 10.7 Å². The van der Waals surface area contributed by atoms with E-state index in [9.17, 15) is 17.8 Å². The van der Waals surface area contributed by atoms with E-state index in [1.807, 2.05) is 24.3 Å². The Kier molecular flexibility index (Phi) is 7.28. The molecule has 5 nitrogen and oxygen atoms in total. The molecule has 0 saturated carbocycles. The predicted molar refractivity (Wildman–Crippen MR) is 115 cm³/mol. The van der Waals surface area contributed by atoms with Gasteiger partial charge in [-0.05, 0) is 98.0 Å². The number of benzene rings is 2. The van der Waals surface area contributed by atoms with Crippen LogP contribution in [0.5, 0.6) is 5.75 Å². The van der Waals surface area contributed by atoms with E-state index < -0.39 is 16.1 Å². The fourth-order valence-corrected chi connectivity index (χ4v) is 6.61. The highest BCUT2D eigenvalue weighted by Crippen LogP contribution is 2.29. The Labute approximate surface area is 180 Å². The number of halogens is 3. The third kappa shape index (κ3) is 5.51. The predicted octanol–water partition coefficient (Wildman–Crippen LogP) is 4.29. The normalized spacial score (nSPS) is 11.3. The fraction of sp³-hybridized carbons (Fsp3) is 0.133. The first-order chi connectivity index (χ1) is 11.2. The standard InChI is InChI=1S/C15H11I3O5S/c16-11-4-2-1-3-9(11)5-6-14(19)23-10-7-12(17)15(13(18)8-10)24(20,21)22/h1-4,7-8H,5-6H2,(H,20,21,22). The van der Waals surface area contributed by atoms with Crippen molar-refractivity contribution in [2.24, 2.45) is 0 Å². The molecule has 0 amide bonds. The van der Waals surface area contributed by atoms with Gasteiger partial charge in [-0.3, -0.25) is 9.35 Å². The Morgan fingerprint density at radius 1 is 1.04 bits per heavy atom. The van der Waals surface area contributed by atoms with Gasteiger partial charge in [0.25, 0.3) is 10.1 Å². The van der Waals surface area contributed by atoms with Gasteiger partial charge in [0.05, 0.1) is 6.42 Å². The molecule has 0 aliphatic rings. The van der Waals surface area contributed by atoms with Crippen molar-refractivity contribution < 1.29 is 22.5 Å². The van der Waals surface area contributed by atoms with Crippen molar-refractivity contribution in [1.29, 1.82) is 0 Å². The minimum Gasteiger partial charge on any atom is -0.426 e. The summed E-state index contributed by atoms with van der Waals surface area (Å²) in [5, 5.41) is 0. The molecule has 0 fully saturated rings. The summed E-state index contributed by atoms with van der Waals surface area (Å²) in [7, 11) is -4.32. The molecule has 0 radical (unpaired) electrons. The highest BCUT2D eigenvalue weighted by atomic mass is 127.